The summed E-state index contributed by atoms with van der Waals surface area (Å²) < 4.78 is 6.22. The second-order valence-corrected chi connectivity index (χ2v) is 8.04. The van der Waals surface area contributed by atoms with E-state index in [0.29, 0.717) is 17.7 Å². The standard InChI is InChI=1S/C20H31N3O2/c1-16(2)22(3)14-18-6-7-20(15-25-18)8-11-23(12-9-20)19(24)17-5-4-10-21-13-17/h4-5,10,13,16,18H,6-9,11-12,14-15H2,1-3H3. The molecule has 0 aliphatic carbocycles. The Morgan fingerprint density at radius 3 is 2.72 bits per heavy atom. The van der Waals surface area contributed by atoms with Gasteiger partial charge in [-0.25, -0.2) is 0 Å². The van der Waals surface area contributed by atoms with E-state index >= 15 is 0 Å². The summed E-state index contributed by atoms with van der Waals surface area (Å²) in [6, 6.07) is 4.22. The highest BCUT2D eigenvalue weighted by Gasteiger charge is 2.40. The van der Waals surface area contributed by atoms with E-state index in [9.17, 15) is 4.79 Å². The molecule has 25 heavy (non-hydrogen) atoms. The third kappa shape index (κ3) is 4.39. The van der Waals surface area contributed by atoms with E-state index in [1.54, 1.807) is 12.4 Å². The first-order valence-electron chi connectivity index (χ1n) is 9.50. The van der Waals surface area contributed by atoms with E-state index in [2.05, 4.69) is 30.8 Å². The van der Waals surface area contributed by atoms with Crippen molar-refractivity contribution in [3.05, 3.63) is 30.1 Å². The Hall–Kier alpha value is -1.46. The minimum absolute atomic E-state index is 0.108. The van der Waals surface area contributed by atoms with Crippen molar-refractivity contribution in [3.8, 4) is 0 Å². The molecule has 2 fully saturated rings. The van der Waals surface area contributed by atoms with Gasteiger partial charge < -0.3 is 14.5 Å². The molecule has 2 aliphatic rings. The summed E-state index contributed by atoms with van der Waals surface area (Å²) in [6.45, 7) is 7.96. The Bertz CT molecular complexity index is 558. The zero-order chi connectivity index (χ0) is 17.9. The molecule has 0 N–H and O–H groups in total. The molecule has 0 radical (unpaired) electrons. The monoisotopic (exact) mass is 345 g/mol. The fraction of sp³-hybridized carbons (Fsp3) is 0.700. The van der Waals surface area contributed by atoms with Crippen LogP contribution in [0, 0.1) is 5.41 Å². The first-order valence-corrected chi connectivity index (χ1v) is 9.50. The van der Waals surface area contributed by atoms with E-state index in [-0.39, 0.29) is 11.3 Å². The molecule has 2 saturated heterocycles. The Labute approximate surface area is 151 Å². The molecule has 1 atom stereocenters. The second kappa shape index (κ2) is 7.83. The van der Waals surface area contributed by atoms with Crippen molar-refractivity contribution in [1.29, 1.82) is 0 Å². The number of hydrogen-bond acceptors (Lipinski definition) is 4. The predicted molar refractivity (Wildman–Crippen MR) is 98.5 cm³/mol. The molecule has 0 bridgehead atoms. The van der Waals surface area contributed by atoms with Gasteiger partial charge in [-0.1, -0.05) is 0 Å². The van der Waals surface area contributed by atoms with Crippen LogP contribution < -0.4 is 0 Å². The first kappa shape index (κ1) is 18.3. The summed E-state index contributed by atoms with van der Waals surface area (Å²) >= 11 is 0. The zero-order valence-electron chi connectivity index (χ0n) is 15.8. The number of aromatic nitrogens is 1. The van der Waals surface area contributed by atoms with Crippen LogP contribution in [0.2, 0.25) is 0 Å². The van der Waals surface area contributed by atoms with Crippen molar-refractivity contribution in [1.82, 2.24) is 14.8 Å². The van der Waals surface area contributed by atoms with Gasteiger partial charge >= 0.3 is 0 Å². The summed E-state index contributed by atoms with van der Waals surface area (Å²) in [7, 11) is 2.17. The predicted octanol–water partition coefficient (Wildman–Crippen LogP) is 2.82. The Morgan fingerprint density at radius 2 is 2.16 bits per heavy atom. The highest BCUT2D eigenvalue weighted by atomic mass is 16.5. The van der Waals surface area contributed by atoms with Gasteiger partial charge in [-0.05, 0) is 64.1 Å². The first-order chi connectivity index (χ1) is 12.0. The molecule has 5 nitrogen and oxygen atoms in total. The molecule has 0 saturated carbocycles. The highest BCUT2D eigenvalue weighted by molar-refractivity contribution is 5.93. The maximum absolute atomic E-state index is 12.6. The van der Waals surface area contributed by atoms with Crippen molar-refractivity contribution < 1.29 is 9.53 Å². The minimum Gasteiger partial charge on any atom is -0.376 e. The number of likely N-dealkylation sites (N-methyl/N-ethyl adjacent to an activating group) is 1. The maximum atomic E-state index is 12.6. The number of carbonyl (C=O) groups excluding carboxylic acids is 1. The summed E-state index contributed by atoms with van der Waals surface area (Å²) in [5.74, 6) is 0.108. The molecule has 3 rings (SSSR count). The molecule has 2 aliphatic heterocycles. The molecule has 1 unspecified atom stereocenters. The van der Waals surface area contributed by atoms with Crippen molar-refractivity contribution in [2.45, 2.75) is 51.7 Å². The Balaban J connectivity index is 1.49. The number of amides is 1. The van der Waals surface area contributed by atoms with Crippen LogP contribution in [0.5, 0.6) is 0 Å². The van der Waals surface area contributed by atoms with Crippen LogP contribution in [-0.4, -0.2) is 66.1 Å². The van der Waals surface area contributed by atoms with Gasteiger partial charge in [-0.2, -0.15) is 0 Å². The molecule has 1 aromatic rings. The Kier molecular flexibility index (Phi) is 5.74. The average Bonchev–Trinajstić information content (AvgIpc) is 2.64. The number of hydrogen-bond donors (Lipinski definition) is 0. The molecule has 138 valence electrons. The number of carbonyl (C=O) groups is 1. The van der Waals surface area contributed by atoms with Crippen LogP contribution in [0.1, 0.15) is 49.9 Å². The topological polar surface area (TPSA) is 45.7 Å². The van der Waals surface area contributed by atoms with Gasteiger partial charge in [0.15, 0.2) is 0 Å². The molecular weight excluding hydrogens is 314 g/mol. The zero-order valence-corrected chi connectivity index (χ0v) is 15.8. The Morgan fingerprint density at radius 1 is 1.40 bits per heavy atom. The lowest BCUT2D eigenvalue weighted by Gasteiger charge is -2.46. The summed E-state index contributed by atoms with van der Waals surface area (Å²) in [4.78, 5) is 20.9. The quantitative estimate of drug-likeness (QED) is 0.842. The third-order valence-electron chi connectivity index (χ3n) is 6.01. The van der Waals surface area contributed by atoms with Gasteiger partial charge in [0.1, 0.15) is 0 Å². The summed E-state index contributed by atoms with van der Waals surface area (Å²) in [5.41, 5.74) is 0.966. The van der Waals surface area contributed by atoms with Crippen molar-refractivity contribution in [2.75, 3.05) is 33.3 Å². The average molecular weight is 345 g/mol. The van der Waals surface area contributed by atoms with Gasteiger partial charge in [-0.15, -0.1) is 0 Å². The summed E-state index contributed by atoms with van der Waals surface area (Å²) in [6.07, 6.45) is 8.16. The van der Waals surface area contributed by atoms with Crippen molar-refractivity contribution in [3.63, 3.8) is 0 Å². The van der Waals surface area contributed by atoms with Gasteiger partial charge in [0.2, 0.25) is 0 Å². The lowest BCUT2D eigenvalue weighted by Crippen LogP contribution is -2.49. The molecule has 1 spiro atoms. The molecule has 1 aromatic heterocycles. The molecule has 5 heteroatoms. The van der Waals surface area contributed by atoms with Crippen LogP contribution in [0.4, 0.5) is 0 Å². The number of rotatable bonds is 4. The van der Waals surface area contributed by atoms with E-state index < -0.39 is 0 Å². The van der Waals surface area contributed by atoms with Gasteiger partial charge in [0.05, 0.1) is 18.3 Å². The largest absolute Gasteiger partial charge is 0.376 e. The minimum atomic E-state index is 0.108. The molecule has 3 heterocycles. The smallest absolute Gasteiger partial charge is 0.255 e. The fourth-order valence-electron chi connectivity index (χ4n) is 3.84. The number of piperidine rings is 1. The molecular formula is C20H31N3O2. The number of pyridine rings is 1. The summed E-state index contributed by atoms with van der Waals surface area (Å²) in [5, 5.41) is 0. The SMILES string of the molecule is CC(C)N(C)CC1CCC2(CCN(C(=O)c3cccnc3)CC2)CO1. The fourth-order valence-corrected chi connectivity index (χ4v) is 3.84. The van der Waals surface area contributed by atoms with Crippen LogP contribution in [0.15, 0.2) is 24.5 Å². The third-order valence-corrected chi connectivity index (χ3v) is 6.01. The van der Waals surface area contributed by atoms with Crippen LogP contribution in [0.3, 0.4) is 0 Å². The van der Waals surface area contributed by atoms with Gasteiger partial charge in [0, 0.05) is 38.1 Å². The van der Waals surface area contributed by atoms with E-state index in [1.165, 1.54) is 6.42 Å². The normalized spacial score (nSPS) is 23.4. The lowest BCUT2D eigenvalue weighted by atomic mass is 9.73. The highest BCUT2D eigenvalue weighted by Crippen LogP contribution is 2.40. The van der Waals surface area contributed by atoms with E-state index in [1.807, 2.05) is 17.0 Å². The lowest BCUT2D eigenvalue weighted by molar-refractivity contribution is -0.0915. The van der Waals surface area contributed by atoms with Crippen LogP contribution in [-0.2, 0) is 4.74 Å². The number of likely N-dealkylation sites (tertiary alicyclic amines) is 1. The second-order valence-electron chi connectivity index (χ2n) is 8.04. The molecule has 0 aromatic carbocycles. The maximum Gasteiger partial charge on any atom is 0.255 e. The van der Waals surface area contributed by atoms with Crippen molar-refractivity contribution in [2.24, 2.45) is 5.41 Å². The molecule has 1 amide bonds. The van der Waals surface area contributed by atoms with Gasteiger partial charge in [-0.3, -0.25) is 9.78 Å². The van der Waals surface area contributed by atoms with Crippen LogP contribution in [0.25, 0.3) is 0 Å². The van der Waals surface area contributed by atoms with Crippen molar-refractivity contribution >= 4 is 5.91 Å². The number of nitrogens with zero attached hydrogens (tertiary/aromatic N) is 3. The van der Waals surface area contributed by atoms with E-state index in [0.717, 1.165) is 45.5 Å². The van der Waals surface area contributed by atoms with Gasteiger partial charge in [0.25, 0.3) is 5.91 Å². The number of ether oxygens (including phenoxy) is 1. The van der Waals surface area contributed by atoms with Crippen LogP contribution >= 0.6 is 0 Å². The van der Waals surface area contributed by atoms with E-state index in [4.69, 9.17) is 4.74 Å².